The van der Waals surface area contributed by atoms with Crippen molar-refractivity contribution in [3.05, 3.63) is 0 Å². The number of hydrogen-bond donors (Lipinski definition) is 0. The topological polar surface area (TPSA) is 30.3 Å². The molecule has 1 aliphatic carbocycles. The maximum Gasteiger partial charge on any atom is 0.0672 e. The van der Waals surface area contributed by atoms with Gasteiger partial charge in [0, 0.05) is 12.1 Å². The fourth-order valence-electron chi connectivity index (χ4n) is 3.66. The summed E-state index contributed by atoms with van der Waals surface area (Å²) in [6.07, 6.45) is 7.44. The van der Waals surface area contributed by atoms with Gasteiger partial charge >= 0.3 is 0 Å². The van der Waals surface area contributed by atoms with Gasteiger partial charge in [-0.1, -0.05) is 19.8 Å². The molecule has 0 bridgehead atoms. The second kappa shape index (κ2) is 6.54. The van der Waals surface area contributed by atoms with Crippen molar-refractivity contribution in [1.82, 2.24) is 9.80 Å². The molecule has 1 heterocycles. The number of likely N-dealkylation sites (tertiary alicyclic amines) is 1. The lowest BCUT2D eigenvalue weighted by atomic mass is 9.83. The first-order valence-corrected chi connectivity index (χ1v) is 7.60. The van der Waals surface area contributed by atoms with E-state index in [4.69, 9.17) is 0 Å². The van der Waals surface area contributed by atoms with Crippen LogP contribution in [0.2, 0.25) is 0 Å². The van der Waals surface area contributed by atoms with Crippen molar-refractivity contribution in [2.24, 2.45) is 5.92 Å². The Bertz CT molecular complexity index is 289. The van der Waals surface area contributed by atoms with Crippen LogP contribution in [0.1, 0.15) is 45.4 Å². The van der Waals surface area contributed by atoms with E-state index < -0.39 is 0 Å². The van der Waals surface area contributed by atoms with Gasteiger partial charge in [-0.2, -0.15) is 5.26 Å². The zero-order valence-electron chi connectivity index (χ0n) is 11.9. The summed E-state index contributed by atoms with van der Waals surface area (Å²) in [6, 6.07) is 3.76. The quantitative estimate of drug-likeness (QED) is 0.770. The van der Waals surface area contributed by atoms with E-state index in [0.29, 0.717) is 12.1 Å². The van der Waals surface area contributed by atoms with Crippen LogP contribution in [0.5, 0.6) is 0 Å². The molecule has 2 rings (SSSR count). The van der Waals surface area contributed by atoms with Gasteiger partial charge < -0.3 is 4.90 Å². The molecule has 0 aromatic carbocycles. The summed E-state index contributed by atoms with van der Waals surface area (Å²) in [7, 11) is 2.26. The first-order chi connectivity index (χ1) is 8.76. The fourth-order valence-corrected chi connectivity index (χ4v) is 3.66. The van der Waals surface area contributed by atoms with Gasteiger partial charge in [-0.25, -0.2) is 0 Å². The van der Waals surface area contributed by atoms with E-state index in [-0.39, 0.29) is 5.92 Å². The van der Waals surface area contributed by atoms with E-state index in [0.717, 1.165) is 6.42 Å². The van der Waals surface area contributed by atoms with Crippen molar-refractivity contribution in [2.45, 2.75) is 57.5 Å². The molecule has 3 nitrogen and oxygen atoms in total. The Labute approximate surface area is 112 Å². The number of rotatable bonds is 3. The highest BCUT2D eigenvalue weighted by atomic mass is 15.2. The molecule has 2 fully saturated rings. The third-order valence-corrected chi connectivity index (χ3v) is 5.00. The van der Waals surface area contributed by atoms with Crippen molar-refractivity contribution in [3.63, 3.8) is 0 Å². The van der Waals surface area contributed by atoms with E-state index in [1.54, 1.807) is 0 Å². The molecule has 1 saturated carbocycles. The maximum absolute atomic E-state index is 9.30. The minimum Gasteiger partial charge on any atom is -0.303 e. The van der Waals surface area contributed by atoms with E-state index >= 15 is 0 Å². The van der Waals surface area contributed by atoms with Gasteiger partial charge in [0.2, 0.25) is 0 Å². The Balaban J connectivity index is 1.90. The summed E-state index contributed by atoms with van der Waals surface area (Å²) < 4.78 is 0. The summed E-state index contributed by atoms with van der Waals surface area (Å²) in [5, 5.41) is 9.30. The van der Waals surface area contributed by atoms with Crippen LogP contribution < -0.4 is 0 Å². The van der Waals surface area contributed by atoms with E-state index in [2.05, 4.69) is 29.8 Å². The van der Waals surface area contributed by atoms with Crippen molar-refractivity contribution >= 4 is 0 Å². The number of piperidine rings is 1. The highest BCUT2D eigenvalue weighted by molar-refractivity contribution is 4.97. The average molecular weight is 249 g/mol. The van der Waals surface area contributed by atoms with Crippen molar-refractivity contribution in [1.29, 1.82) is 5.26 Å². The molecule has 102 valence electrons. The molecule has 0 amide bonds. The predicted octanol–water partition coefficient (Wildman–Crippen LogP) is 2.48. The molecule has 1 saturated heterocycles. The molecule has 2 atom stereocenters. The molecule has 1 aliphatic heterocycles. The summed E-state index contributed by atoms with van der Waals surface area (Å²) in [5.74, 6) is 0.271. The summed E-state index contributed by atoms with van der Waals surface area (Å²) in [4.78, 5) is 5.08. The molecule has 0 aromatic heterocycles. The Hall–Kier alpha value is -0.590. The highest BCUT2D eigenvalue weighted by Gasteiger charge is 2.32. The van der Waals surface area contributed by atoms with Crippen molar-refractivity contribution < 1.29 is 0 Å². The van der Waals surface area contributed by atoms with Crippen LogP contribution >= 0.6 is 0 Å². The van der Waals surface area contributed by atoms with Crippen molar-refractivity contribution in [2.75, 3.05) is 26.7 Å². The van der Waals surface area contributed by atoms with Gasteiger partial charge in [-0.15, -0.1) is 0 Å². The first kappa shape index (κ1) is 13.8. The van der Waals surface area contributed by atoms with Gasteiger partial charge in [0.15, 0.2) is 0 Å². The Morgan fingerprint density at radius 1 is 1.17 bits per heavy atom. The minimum absolute atomic E-state index is 0.271. The van der Waals surface area contributed by atoms with Gasteiger partial charge in [0.05, 0.1) is 12.0 Å². The number of nitriles is 1. The third-order valence-electron chi connectivity index (χ3n) is 5.00. The smallest absolute Gasteiger partial charge is 0.0672 e. The molecule has 0 aromatic rings. The summed E-state index contributed by atoms with van der Waals surface area (Å²) in [6.45, 7) is 5.89. The average Bonchev–Trinajstić information content (AvgIpc) is 2.46. The maximum atomic E-state index is 9.30. The zero-order valence-corrected chi connectivity index (χ0v) is 11.9. The number of nitrogens with zero attached hydrogens (tertiary/aromatic N) is 3. The zero-order chi connectivity index (χ0) is 13.0. The summed E-state index contributed by atoms with van der Waals surface area (Å²) in [5.41, 5.74) is 0. The van der Waals surface area contributed by atoms with Crippen LogP contribution in [-0.2, 0) is 0 Å². The molecule has 18 heavy (non-hydrogen) atoms. The van der Waals surface area contributed by atoms with Crippen LogP contribution in [-0.4, -0.2) is 48.6 Å². The molecular formula is C15H27N3. The molecule has 0 N–H and O–H groups in total. The van der Waals surface area contributed by atoms with Crippen molar-refractivity contribution in [3.8, 4) is 6.07 Å². The second-order valence-electron chi connectivity index (χ2n) is 5.92. The van der Waals surface area contributed by atoms with Gasteiger partial charge in [-0.3, -0.25) is 4.90 Å². The highest BCUT2D eigenvalue weighted by Crippen LogP contribution is 2.30. The van der Waals surface area contributed by atoms with E-state index in [9.17, 15) is 5.26 Å². The third kappa shape index (κ3) is 3.05. The molecule has 2 aliphatic rings. The van der Waals surface area contributed by atoms with Gasteiger partial charge in [0.1, 0.15) is 0 Å². The van der Waals surface area contributed by atoms with Gasteiger partial charge in [0.25, 0.3) is 0 Å². The lowest BCUT2D eigenvalue weighted by molar-refractivity contribution is 0.0663. The summed E-state index contributed by atoms with van der Waals surface area (Å²) >= 11 is 0. The molecule has 2 unspecified atom stereocenters. The molecule has 0 spiro atoms. The SMILES string of the molecule is CCN1CCC(N(C)C2CCCCC2C#N)CC1. The lowest BCUT2D eigenvalue weighted by Crippen LogP contribution is -2.49. The Morgan fingerprint density at radius 3 is 2.44 bits per heavy atom. The molecule has 3 heteroatoms. The van der Waals surface area contributed by atoms with Crippen LogP contribution in [0, 0.1) is 17.2 Å². The largest absolute Gasteiger partial charge is 0.303 e. The Kier molecular flexibility index (Phi) is 5.03. The van der Waals surface area contributed by atoms with Gasteiger partial charge in [-0.05, 0) is 52.4 Å². The first-order valence-electron chi connectivity index (χ1n) is 7.60. The van der Waals surface area contributed by atoms with E-state index in [1.807, 2.05) is 0 Å². The number of hydrogen-bond acceptors (Lipinski definition) is 3. The predicted molar refractivity (Wildman–Crippen MR) is 74.3 cm³/mol. The van der Waals surface area contributed by atoms with Crippen LogP contribution in [0.4, 0.5) is 0 Å². The molecule has 0 radical (unpaired) electrons. The lowest BCUT2D eigenvalue weighted by Gasteiger charge is -2.43. The monoisotopic (exact) mass is 249 g/mol. The minimum atomic E-state index is 0.271. The molecular weight excluding hydrogens is 222 g/mol. The second-order valence-corrected chi connectivity index (χ2v) is 5.92. The van der Waals surface area contributed by atoms with Crippen LogP contribution in [0.25, 0.3) is 0 Å². The Morgan fingerprint density at radius 2 is 1.83 bits per heavy atom. The van der Waals surface area contributed by atoms with Crippen LogP contribution in [0.15, 0.2) is 0 Å². The van der Waals surface area contributed by atoms with E-state index in [1.165, 1.54) is 51.7 Å². The standard InChI is InChI=1S/C15H27N3/c1-3-18-10-8-14(9-11-18)17(2)15-7-5-4-6-13(15)12-16/h13-15H,3-11H2,1-2H3. The normalized spacial score (nSPS) is 31.4. The van der Waals surface area contributed by atoms with Crippen LogP contribution in [0.3, 0.4) is 0 Å². The fraction of sp³-hybridized carbons (Fsp3) is 0.933.